The maximum Gasteiger partial charge on any atom is 0.396 e. The van der Waals surface area contributed by atoms with Crippen LogP contribution in [0, 0.1) is 0 Å². The first kappa shape index (κ1) is 9.80. The minimum absolute atomic E-state index is 0.286. The summed E-state index contributed by atoms with van der Waals surface area (Å²) in [6, 6.07) is 5.17. The van der Waals surface area contributed by atoms with E-state index in [4.69, 9.17) is 10.2 Å². The van der Waals surface area contributed by atoms with Crippen LogP contribution < -0.4 is 10.7 Å². The molecule has 0 spiro atoms. The lowest BCUT2D eigenvalue weighted by molar-refractivity contribution is 0.586. The molecule has 2 aromatic rings. The van der Waals surface area contributed by atoms with E-state index >= 15 is 0 Å². The van der Waals surface area contributed by atoms with Crippen molar-refractivity contribution in [1.29, 1.82) is 0 Å². The van der Waals surface area contributed by atoms with Gasteiger partial charge in [-0.15, -0.1) is 0 Å². The molecule has 0 bridgehead atoms. The molecule has 0 aliphatic carbocycles. The van der Waals surface area contributed by atoms with Crippen molar-refractivity contribution in [1.82, 2.24) is 0 Å². The molecular weight excluding hydrogens is 186 g/mol. The predicted molar refractivity (Wildman–Crippen MR) is 56.1 cm³/mol. The zero-order chi connectivity index (χ0) is 9.84. The average molecular weight is 197 g/mol. The number of anilines is 1. The number of nitrogens with two attached hydrogens (primary N) is 1. The third-order valence-corrected chi connectivity index (χ3v) is 2.16. The van der Waals surface area contributed by atoms with E-state index in [9.17, 15) is 4.79 Å². The van der Waals surface area contributed by atoms with Crippen LogP contribution in [-0.4, -0.2) is 0 Å². The average Bonchev–Trinajstić information content (AvgIpc) is 2.48. The molecule has 0 radical (unpaired) electrons. The number of benzene rings is 1. The zero-order valence-electron chi connectivity index (χ0n) is 7.53. The molecular formula is C9H11NO2S. The van der Waals surface area contributed by atoms with Crippen molar-refractivity contribution in [3.63, 3.8) is 0 Å². The van der Waals surface area contributed by atoms with E-state index in [2.05, 4.69) is 0 Å². The Kier molecular flexibility index (Phi) is 3.08. The van der Waals surface area contributed by atoms with E-state index in [1.807, 2.05) is 13.8 Å². The van der Waals surface area contributed by atoms with Gasteiger partial charge in [-0.2, -0.15) is 0 Å². The molecule has 4 heteroatoms. The van der Waals surface area contributed by atoms with E-state index in [0.717, 1.165) is 16.0 Å². The van der Waals surface area contributed by atoms with Crippen LogP contribution in [0.25, 0.3) is 10.3 Å². The zero-order valence-corrected chi connectivity index (χ0v) is 8.35. The van der Waals surface area contributed by atoms with Crippen LogP contribution in [0.15, 0.2) is 27.4 Å². The predicted octanol–water partition coefficient (Wildman–Crippen LogP) is 2.46. The summed E-state index contributed by atoms with van der Waals surface area (Å²) in [6.45, 7) is 4.00. The van der Waals surface area contributed by atoms with Crippen LogP contribution in [0.4, 0.5) is 5.69 Å². The maximum atomic E-state index is 10.7. The smallest absolute Gasteiger partial charge is 0.396 e. The maximum absolute atomic E-state index is 10.7. The van der Waals surface area contributed by atoms with Crippen LogP contribution in [0.5, 0.6) is 0 Å². The molecule has 0 unspecified atom stereocenters. The third kappa shape index (κ3) is 2.09. The second-order valence-electron chi connectivity index (χ2n) is 2.16. The van der Waals surface area contributed by atoms with E-state index in [1.165, 1.54) is 0 Å². The summed E-state index contributed by atoms with van der Waals surface area (Å²) in [5.74, 6) is 0. The number of fused-ring (bicyclic) bond motifs is 1. The Morgan fingerprint density at radius 1 is 1.38 bits per heavy atom. The Balaban J connectivity index is 0.000000396. The van der Waals surface area contributed by atoms with E-state index < -0.39 is 0 Å². The SMILES string of the molecule is CC.Nc1ccc2sc(=O)oc2c1. The Hall–Kier alpha value is -1.29. The highest BCUT2D eigenvalue weighted by Crippen LogP contribution is 2.18. The molecule has 1 aromatic carbocycles. The summed E-state index contributed by atoms with van der Waals surface area (Å²) in [5.41, 5.74) is 6.66. The van der Waals surface area contributed by atoms with Gasteiger partial charge >= 0.3 is 4.94 Å². The van der Waals surface area contributed by atoms with Gasteiger partial charge in [0.1, 0.15) is 0 Å². The van der Waals surface area contributed by atoms with Crippen molar-refractivity contribution in [3.05, 3.63) is 27.9 Å². The lowest BCUT2D eigenvalue weighted by atomic mass is 10.3. The number of hydrogen-bond donors (Lipinski definition) is 1. The molecule has 0 saturated heterocycles. The minimum Gasteiger partial charge on any atom is -0.414 e. The number of hydrogen-bond acceptors (Lipinski definition) is 4. The molecule has 70 valence electrons. The van der Waals surface area contributed by atoms with Gasteiger partial charge in [0.25, 0.3) is 0 Å². The fraction of sp³-hybridized carbons (Fsp3) is 0.222. The molecule has 2 N–H and O–H groups in total. The summed E-state index contributed by atoms with van der Waals surface area (Å²) in [7, 11) is 0. The normalized spacial score (nSPS) is 9.38. The third-order valence-electron chi connectivity index (χ3n) is 1.35. The van der Waals surface area contributed by atoms with Crippen molar-refractivity contribution in [2.45, 2.75) is 13.8 Å². The molecule has 3 nitrogen and oxygen atoms in total. The fourth-order valence-corrected chi connectivity index (χ4v) is 1.54. The van der Waals surface area contributed by atoms with Gasteiger partial charge in [0.05, 0.1) is 4.70 Å². The first-order valence-corrected chi connectivity index (χ1v) is 4.86. The highest BCUT2D eigenvalue weighted by Gasteiger charge is 1.99. The van der Waals surface area contributed by atoms with E-state index in [-0.39, 0.29) is 4.94 Å². The Labute approximate surface area is 79.8 Å². The largest absolute Gasteiger partial charge is 0.414 e. The first-order chi connectivity index (χ1) is 6.25. The fourth-order valence-electron chi connectivity index (χ4n) is 0.889. The Bertz CT molecular complexity index is 444. The summed E-state index contributed by atoms with van der Waals surface area (Å²) in [4.78, 5) is 10.4. The lowest BCUT2D eigenvalue weighted by Gasteiger charge is -1.88. The summed E-state index contributed by atoms with van der Waals surface area (Å²) in [5, 5.41) is 0. The molecule has 1 heterocycles. The highest BCUT2D eigenvalue weighted by molar-refractivity contribution is 7.16. The highest BCUT2D eigenvalue weighted by atomic mass is 32.1. The van der Waals surface area contributed by atoms with Crippen molar-refractivity contribution < 1.29 is 4.42 Å². The molecule has 2 rings (SSSR count). The summed E-state index contributed by atoms with van der Waals surface area (Å²) >= 11 is 1.08. The van der Waals surface area contributed by atoms with Crippen molar-refractivity contribution in [2.24, 2.45) is 0 Å². The van der Waals surface area contributed by atoms with Crippen LogP contribution in [0.3, 0.4) is 0 Å². The molecule has 0 fully saturated rings. The van der Waals surface area contributed by atoms with Gasteiger partial charge in [0, 0.05) is 11.8 Å². The van der Waals surface area contributed by atoms with Gasteiger partial charge < -0.3 is 10.2 Å². The van der Waals surface area contributed by atoms with Crippen LogP contribution in [0.2, 0.25) is 0 Å². The van der Waals surface area contributed by atoms with Crippen molar-refractivity contribution in [3.8, 4) is 0 Å². The van der Waals surface area contributed by atoms with Crippen LogP contribution >= 0.6 is 11.3 Å². The van der Waals surface area contributed by atoms with Gasteiger partial charge in [-0.1, -0.05) is 25.2 Å². The van der Waals surface area contributed by atoms with Gasteiger partial charge in [-0.05, 0) is 12.1 Å². The Morgan fingerprint density at radius 3 is 2.77 bits per heavy atom. The topological polar surface area (TPSA) is 56.2 Å². The second kappa shape index (κ2) is 4.09. The first-order valence-electron chi connectivity index (χ1n) is 4.05. The van der Waals surface area contributed by atoms with Crippen LogP contribution in [-0.2, 0) is 0 Å². The van der Waals surface area contributed by atoms with E-state index in [0.29, 0.717) is 11.3 Å². The number of rotatable bonds is 0. The molecule has 0 aliphatic rings. The van der Waals surface area contributed by atoms with Gasteiger partial charge in [-0.3, -0.25) is 0 Å². The molecule has 0 saturated carbocycles. The van der Waals surface area contributed by atoms with Gasteiger partial charge in [0.15, 0.2) is 5.58 Å². The lowest BCUT2D eigenvalue weighted by Crippen LogP contribution is -1.81. The van der Waals surface area contributed by atoms with Crippen molar-refractivity contribution in [2.75, 3.05) is 5.73 Å². The molecule has 0 atom stereocenters. The Morgan fingerprint density at radius 2 is 2.08 bits per heavy atom. The quantitative estimate of drug-likeness (QED) is 0.660. The molecule has 0 aliphatic heterocycles. The minimum atomic E-state index is -0.286. The monoisotopic (exact) mass is 197 g/mol. The standard InChI is InChI=1S/C7H5NO2S.C2H6/c8-4-1-2-6-5(3-4)10-7(9)11-6;1-2/h1-3H,8H2;1-2H3. The van der Waals surface area contributed by atoms with E-state index in [1.54, 1.807) is 18.2 Å². The second-order valence-corrected chi connectivity index (χ2v) is 3.14. The number of nitrogen functional groups attached to an aromatic ring is 1. The van der Waals surface area contributed by atoms with Gasteiger partial charge in [0.2, 0.25) is 0 Å². The summed E-state index contributed by atoms with van der Waals surface area (Å²) in [6.07, 6.45) is 0. The molecule has 1 aromatic heterocycles. The molecule has 0 amide bonds. The van der Waals surface area contributed by atoms with Crippen molar-refractivity contribution >= 4 is 27.3 Å². The molecule has 13 heavy (non-hydrogen) atoms. The van der Waals surface area contributed by atoms with Gasteiger partial charge in [-0.25, -0.2) is 4.79 Å². The summed E-state index contributed by atoms with van der Waals surface area (Å²) < 4.78 is 5.67. The van der Waals surface area contributed by atoms with Crippen LogP contribution in [0.1, 0.15) is 13.8 Å².